The highest BCUT2D eigenvalue weighted by atomic mass is 16.2. The van der Waals surface area contributed by atoms with Gasteiger partial charge in [0.25, 0.3) is 5.91 Å². The zero-order valence-corrected chi connectivity index (χ0v) is 18.6. The fourth-order valence-electron chi connectivity index (χ4n) is 3.96. The van der Waals surface area contributed by atoms with Crippen molar-refractivity contribution in [3.05, 3.63) is 87.9 Å². The van der Waals surface area contributed by atoms with Crippen molar-refractivity contribution in [1.82, 2.24) is 19.8 Å². The molecule has 2 aromatic heterocycles. The second kappa shape index (κ2) is 8.22. The van der Waals surface area contributed by atoms with Crippen LogP contribution in [-0.2, 0) is 13.6 Å². The van der Waals surface area contributed by atoms with Gasteiger partial charge in [-0.1, -0.05) is 30.3 Å². The van der Waals surface area contributed by atoms with Crippen LogP contribution in [0.3, 0.4) is 0 Å². The van der Waals surface area contributed by atoms with Crippen LogP contribution in [0.1, 0.15) is 44.1 Å². The summed E-state index contributed by atoms with van der Waals surface area (Å²) < 4.78 is 4.10. The number of carbonyl (C=O) groups excluding carboxylic acids is 1. The van der Waals surface area contributed by atoms with Gasteiger partial charge in [-0.3, -0.25) is 9.48 Å². The first-order chi connectivity index (χ1) is 14.9. The molecule has 2 aromatic carbocycles. The van der Waals surface area contributed by atoms with Crippen LogP contribution < -0.4 is 5.43 Å². The highest BCUT2D eigenvalue weighted by molar-refractivity contribution is 5.99. The van der Waals surface area contributed by atoms with Gasteiger partial charge < -0.3 is 4.57 Å². The van der Waals surface area contributed by atoms with Gasteiger partial charge in [-0.05, 0) is 57.0 Å². The molecule has 0 unspecified atom stereocenters. The lowest BCUT2D eigenvalue weighted by atomic mass is 10.1. The van der Waals surface area contributed by atoms with Gasteiger partial charge in [0.1, 0.15) is 0 Å². The van der Waals surface area contributed by atoms with E-state index in [9.17, 15) is 4.79 Å². The maximum absolute atomic E-state index is 12.7. The highest BCUT2D eigenvalue weighted by Crippen LogP contribution is 2.27. The van der Waals surface area contributed by atoms with Crippen LogP contribution in [0.15, 0.2) is 53.6 Å². The number of aromatic nitrogens is 3. The molecular formula is C25H27N5O. The lowest BCUT2D eigenvalue weighted by Gasteiger charge is -2.09. The summed E-state index contributed by atoms with van der Waals surface area (Å²) in [4.78, 5) is 12.7. The number of hydrogen-bond donors (Lipinski definition) is 1. The van der Waals surface area contributed by atoms with Crippen molar-refractivity contribution < 1.29 is 4.79 Å². The van der Waals surface area contributed by atoms with Gasteiger partial charge in [-0.15, -0.1) is 0 Å². The average molecular weight is 414 g/mol. The Labute approximate surface area is 182 Å². The molecule has 0 saturated carbocycles. The summed E-state index contributed by atoms with van der Waals surface area (Å²) in [6, 6.07) is 16.2. The van der Waals surface area contributed by atoms with Crippen LogP contribution in [0.2, 0.25) is 0 Å². The maximum Gasteiger partial charge on any atom is 0.271 e. The second-order valence-electron chi connectivity index (χ2n) is 7.92. The lowest BCUT2D eigenvalue weighted by molar-refractivity contribution is 0.0955. The van der Waals surface area contributed by atoms with Gasteiger partial charge in [0.2, 0.25) is 0 Å². The number of nitrogens with one attached hydrogen (secondary N) is 1. The van der Waals surface area contributed by atoms with E-state index in [0.717, 1.165) is 34.4 Å². The molecule has 2 heterocycles. The Morgan fingerprint density at radius 1 is 1.06 bits per heavy atom. The van der Waals surface area contributed by atoms with Crippen LogP contribution in [-0.4, -0.2) is 26.5 Å². The van der Waals surface area contributed by atoms with Crippen LogP contribution in [0.5, 0.6) is 0 Å². The van der Waals surface area contributed by atoms with E-state index < -0.39 is 0 Å². The van der Waals surface area contributed by atoms with E-state index in [2.05, 4.69) is 58.3 Å². The first-order valence-electron chi connectivity index (χ1n) is 10.3. The van der Waals surface area contributed by atoms with E-state index in [1.165, 1.54) is 16.8 Å². The quantitative estimate of drug-likeness (QED) is 0.389. The Kier molecular flexibility index (Phi) is 5.46. The number of aryl methyl sites for hydroxylation is 3. The molecule has 0 aliphatic carbocycles. The first kappa shape index (κ1) is 20.6. The number of hydrazone groups is 1. The minimum Gasteiger partial charge on any atom is -0.340 e. The van der Waals surface area contributed by atoms with Crippen molar-refractivity contribution in [3.63, 3.8) is 0 Å². The normalized spacial score (nSPS) is 11.5. The summed E-state index contributed by atoms with van der Waals surface area (Å²) in [5.41, 5.74) is 10.8. The molecule has 6 heteroatoms. The molecule has 0 aliphatic heterocycles. The van der Waals surface area contributed by atoms with E-state index >= 15 is 0 Å². The summed E-state index contributed by atoms with van der Waals surface area (Å²) in [7, 11) is 1.89. The molecule has 6 nitrogen and oxygen atoms in total. The van der Waals surface area contributed by atoms with Crippen molar-refractivity contribution in [2.75, 3.05) is 0 Å². The third kappa shape index (κ3) is 3.89. The zero-order chi connectivity index (χ0) is 22.1. The molecule has 0 bridgehead atoms. The van der Waals surface area contributed by atoms with Crippen LogP contribution in [0.25, 0.3) is 10.9 Å². The fraction of sp³-hybridized carbons (Fsp3) is 0.240. The average Bonchev–Trinajstić information content (AvgIpc) is 3.15. The van der Waals surface area contributed by atoms with Crippen LogP contribution in [0, 0.1) is 27.7 Å². The molecule has 0 atom stereocenters. The van der Waals surface area contributed by atoms with Crippen molar-refractivity contribution in [2.24, 2.45) is 12.1 Å². The number of fused-ring (bicyclic) bond motifs is 1. The molecule has 0 spiro atoms. The summed E-state index contributed by atoms with van der Waals surface area (Å²) in [5.74, 6) is -0.231. The highest BCUT2D eigenvalue weighted by Gasteiger charge is 2.14. The molecule has 1 N–H and O–H groups in total. The third-order valence-corrected chi connectivity index (χ3v) is 6.01. The van der Waals surface area contributed by atoms with Crippen molar-refractivity contribution in [1.29, 1.82) is 0 Å². The standard InChI is InChI=1S/C25H27N5O/c1-16-18(3)30(15-20-9-7-6-8-10-20)24-12-11-21(13-22(16)24)25(31)27-26-14-23-17(2)28-29(5)19(23)4/h6-14H,15H2,1-5H3,(H,27,31). The number of nitrogens with zero attached hydrogens (tertiary/aromatic N) is 4. The number of carbonyl (C=O) groups is 1. The number of amides is 1. The van der Waals surface area contributed by atoms with E-state index in [4.69, 9.17) is 0 Å². The van der Waals surface area contributed by atoms with E-state index in [1.54, 1.807) is 10.9 Å². The largest absolute Gasteiger partial charge is 0.340 e. The minimum absolute atomic E-state index is 0.231. The molecule has 0 aliphatic rings. The van der Waals surface area contributed by atoms with Gasteiger partial charge in [0.15, 0.2) is 0 Å². The molecule has 0 radical (unpaired) electrons. The summed E-state index contributed by atoms with van der Waals surface area (Å²) in [6.07, 6.45) is 1.65. The van der Waals surface area contributed by atoms with Gasteiger partial charge in [-0.25, -0.2) is 5.43 Å². The van der Waals surface area contributed by atoms with E-state index in [0.29, 0.717) is 5.56 Å². The van der Waals surface area contributed by atoms with Crippen molar-refractivity contribution in [2.45, 2.75) is 34.2 Å². The Balaban J connectivity index is 1.58. The van der Waals surface area contributed by atoms with E-state index in [-0.39, 0.29) is 5.91 Å². The Bertz CT molecular complexity index is 1290. The predicted octanol–water partition coefficient (Wildman–Crippen LogP) is 4.42. The molecule has 4 rings (SSSR count). The second-order valence-corrected chi connectivity index (χ2v) is 7.92. The minimum atomic E-state index is -0.231. The SMILES string of the molecule is Cc1nn(C)c(C)c1C=NNC(=O)c1ccc2c(c1)c(C)c(C)n2Cc1ccccc1. The summed E-state index contributed by atoms with van der Waals surface area (Å²) >= 11 is 0. The number of hydrogen-bond acceptors (Lipinski definition) is 3. The molecule has 4 aromatic rings. The maximum atomic E-state index is 12.7. The molecular weight excluding hydrogens is 386 g/mol. The van der Waals surface area contributed by atoms with Gasteiger partial charge in [-0.2, -0.15) is 10.2 Å². The molecule has 31 heavy (non-hydrogen) atoms. The summed E-state index contributed by atoms with van der Waals surface area (Å²) in [6.45, 7) is 8.93. The predicted molar refractivity (Wildman–Crippen MR) is 125 cm³/mol. The Hall–Kier alpha value is -3.67. The smallest absolute Gasteiger partial charge is 0.271 e. The molecule has 1 amide bonds. The molecule has 158 valence electrons. The first-order valence-corrected chi connectivity index (χ1v) is 10.3. The zero-order valence-electron chi connectivity index (χ0n) is 18.6. The lowest BCUT2D eigenvalue weighted by Crippen LogP contribution is -2.17. The topological polar surface area (TPSA) is 64.2 Å². The van der Waals surface area contributed by atoms with Crippen LogP contribution >= 0.6 is 0 Å². The van der Waals surface area contributed by atoms with E-state index in [1.807, 2.05) is 45.2 Å². The molecule has 0 fully saturated rings. The van der Waals surface area contributed by atoms with Gasteiger partial charge in [0, 0.05) is 47.0 Å². The van der Waals surface area contributed by atoms with Gasteiger partial charge >= 0.3 is 0 Å². The Morgan fingerprint density at radius 3 is 2.48 bits per heavy atom. The van der Waals surface area contributed by atoms with Crippen LogP contribution in [0.4, 0.5) is 0 Å². The monoisotopic (exact) mass is 413 g/mol. The summed E-state index contributed by atoms with van der Waals surface area (Å²) in [5, 5.41) is 9.60. The van der Waals surface area contributed by atoms with Crippen molar-refractivity contribution >= 4 is 23.0 Å². The third-order valence-electron chi connectivity index (χ3n) is 6.01. The number of rotatable bonds is 5. The fourth-order valence-corrected chi connectivity index (χ4v) is 3.96. The number of benzene rings is 2. The molecule has 0 saturated heterocycles. The van der Waals surface area contributed by atoms with Crippen molar-refractivity contribution in [3.8, 4) is 0 Å². The Morgan fingerprint density at radius 2 is 1.81 bits per heavy atom. The van der Waals surface area contributed by atoms with Gasteiger partial charge in [0.05, 0.1) is 11.9 Å².